The number of amides is 2. The van der Waals surface area contributed by atoms with Gasteiger partial charge in [0.2, 0.25) is 0 Å². The van der Waals surface area contributed by atoms with Crippen LogP contribution in [-0.4, -0.2) is 16.8 Å². The van der Waals surface area contributed by atoms with Crippen molar-refractivity contribution in [3.05, 3.63) is 46.5 Å². The van der Waals surface area contributed by atoms with Gasteiger partial charge < -0.3 is 4.98 Å². The molecule has 5 rings (SSSR count). The molecule has 4 heteroatoms. The summed E-state index contributed by atoms with van der Waals surface area (Å²) in [6.45, 7) is 0. The van der Waals surface area contributed by atoms with Crippen LogP contribution in [0.3, 0.4) is 0 Å². The number of imide groups is 1. The van der Waals surface area contributed by atoms with Crippen LogP contribution in [-0.2, 0) is 12.8 Å². The normalized spacial score (nSPS) is 16.6. The van der Waals surface area contributed by atoms with Crippen LogP contribution in [0.15, 0.2) is 24.3 Å². The second kappa shape index (κ2) is 3.52. The van der Waals surface area contributed by atoms with E-state index in [0.29, 0.717) is 11.1 Å². The lowest BCUT2D eigenvalue weighted by atomic mass is 9.94. The number of rotatable bonds is 0. The Hall–Kier alpha value is -2.62. The number of H-pyrrole nitrogens is 1. The lowest BCUT2D eigenvalue weighted by Gasteiger charge is -2.07. The third-order valence-corrected chi connectivity index (χ3v) is 4.71. The van der Waals surface area contributed by atoms with Gasteiger partial charge in [0.15, 0.2) is 0 Å². The predicted molar refractivity (Wildman–Crippen MR) is 79.6 cm³/mol. The van der Waals surface area contributed by atoms with Crippen molar-refractivity contribution < 1.29 is 9.59 Å². The summed E-state index contributed by atoms with van der Waals surface area (Å²) in [5.41, 5.74) is 5.50. The first-order chi connectivity index (χ1) is 10.3. The molecule has 0 unspecified atom stereocenters. The van der Waals surface area contributed by atoms with E-state index in [1.165, 1.54) is 5.56 Å². The van der Waals surface area contributed by atoms with E-state index in [2.05, 4.69) is 10.3 Å². The number of para-hydroxylation sites is 1. The number of aryl methyl sites for hydroxylation is 1. The molecule has 2 aliphatic rings. The fourth-order valence-electron chi connectivity index (χ4n) is 3.91. The van der Waals surface area contributed by atoms with Crippen molar-refractivity contribution in [3.8, 4) is 0 Å². The molecule has 2 amide bonds. The summed E-state index contributed by atoms with van der Waals surface area (Å²) in [6.07, 6.45) is 2.88. The second-order valence-corrected chi connectivity index (χ2v) is 5.76. The van der Waals surface area contributed by atoms with Crippen LogP contribution in [0.5, 0.6) is 0 Å². The lowest BCUT2D eigenvalue weighted by Crippen LogP contribution is -2.20. The third kappa shape index (κ3) is 1.21. The summed E-state index contributed by atoms with van der Waals surface area (Å²) in [7, 11) is 0. The highest BCUT2D eigenvalue weighted by atomic mass is 16.2. The van der Waals surface area contributed by atoms with E-state index >= 15 is 0 Å². The summed E-state index contributed by atoms with van der Waals surface area (Å²) in [4.78, 5) is 27.9. The molecular weight excluding hydrogens is 264 g/mol. The van der Waals surface area contributed by atoms with Gasteiger partial charge in [-0.15, -0.1) is 0 Å². The lowest BCUT2D eigenvalue weighted by molar-refractivity contribution is 0.0880. The smallest absolute Gasteiger partial charge is 0.259 e. The number of benzene rings is 2. The summed E-state index contributed by atoms with van der Waals surface area (Å²) in [5.74, 6) is -0.500. The Kier molecular flexibility index (Phi) is 1.86. The molecule has 0 spiro atoms. The minimum absolute atomic E-state index is 0.236. The maximum Gasteiger partial charge on any atom is 0.259 e. The number of aromatic amines is 1. The first kappa shape index (κ1) is 11.1. The van der Waals surface area contributed by atoms with Gasteiger partial charge in [0.1, 0.15) is 0 Å². The standard InChI is InChI=1S/C17H12N2O2/c20-16-13-8-5-3-6-9(8)15-12(14(13)17(21)19-16)10-4-1-2-7-11(10)18-15/h1-2,4,7,18H,3,5-6H2,(H,19,20,21). The monoisotopic (exact) mass is 276 g/mol. The fourth-order valence-corrected chi connectivity index (χ4v) is 3.91. The molecule has 0 bridgehead atoms. The minimum Gasteiger partial charge on any atom is -0.354 e. The molecule has 3 aromatic rings. The largest absolute Gasteiger partial charge is 0.354 e. The Bertz CT molecular complexity index is 982. The van der Waals surface area contributed by atoms with Gasteiger partial charge >= 0.3 is 0 Å². The van der Waals surface area contributed by atoms with E-state index in [1.807, 2.05) is 24.3 Å². The number of carbonyl (C=O) groups is 2. The van der Waals surface area contributed by atoms with Crippen molar-refractivity contribution in [3.63, 3.8) is 0 Å². The summed E-state index contributed by atoms with van der Waals surface area (Å²) in [5, 5.41) is 4.39. The number of aromatic nitrogens is 1. The van der Waals surface area contributed by atoms with E-state index in [4.69, 9.17) is 0 Å². The van der Waals surface area contributed by atoms with Gasteiger partial charge in [-0.25, -0.2) is 0 Å². The van der Waals surface area contributed by atoms with E-state index in [9.17, 15) is 9.59 Å². The average molecular weight is 276 g/mol. The van der Waals surface area contributed by atoms with Crippen molar-refractivity contribution in [2.24, 2.45) is 0 Å². The van der Waals surface area contributed by atoms with Gasteiger partial charge in [-0.2, -0.15) is 0 Å². The highest BCUT2D eigenvalue weighted by Gasteiger charge is 2.36. The fraction of sp³-hybridized carbons (Fsp3) is 0.176. The van der Waals surface area contributed by atoms with Gasteiger partial charge in [-0.05, 0) is 36.5 Å². The van der Waals surface area contributed by atoms with E-state index in [0.717, 1.165) is 46.6 Å². The molecule has 1 aliphatic carbocycles. The maximum absolute atomic E-state index is 12.3. The summed E-state index contributed by atoms with van der Waals surface area (Å²) < 4.78 is 0. The minimum atomic E-state index is -0.264. The Morgan fingerprint density at radius 2 is 1.67 bits per heavy atom. The SMILES string of the molecule is O=C1NC(=O)c2c1c1c(c3[nH]c4ccccc4c23)CCC1. The van der Waals surface area contributed by atoms with E-state index in [1.54, 1.807) is 0 Å². The van der Waals surface area contributed by atoms with Crippen molar-refractivity contribution in [2.75, 3.05) is 0 Å². The second-order valence-electron chi connectivity index (χ2n) is 5.76. The third-order valence-electron chi connectivity index (χ3n) is 4.71. The molecule has 2 aromatic carbocycles. The highest BCUT2D eigenvalue weighted by molar-refractivity contribution is 6.31. The molecule has 0 fully saturated rings. The quantitative estimate of drug-likeness (QED) is 0.620. The van der Waals surface area contributed by atoms with Crippen LogP contribution in [0, 0.1) is 0 Å². The predicted octanol–water partition coefficient (Wildman–Crippen LogP) is 2.69. The Morgan fingerprint density at radius 3 is 2.57 bits per heavy atom. The summed E-state index contributed by atoms with van der Waals surface area (Å²) >= 11 is 0. The molecule has 0 atom stereocenters. The van der Waals surface area contributed by atoms with Gasteiger partial charge in [0.25, 0.3) is 11.8 Å². The topological polar surface area (TPSA) is 62.0 Å². The van der Waals surface area contributed by atoms with Crippen LogP contribution in [0.1, 0.15) is 38.3 Å². The maximum atomic E-state index is 12.3. The Labute approximate surface area is 120 Å². The first-order valence-corrected chi connectivity index (χ1v) is 7.19. The Morgan fingerprint density at radius 1 is 0.905 bits per heavy atom. The molecule has 102 valence electrons. The molecule has 2 heterocycles. The molecule has 0 radical (unpaired) electrons. The zero-order valence-corrected chi connectivity index (χ0v) is 11.2. The van der Waals surface area contributed by atoms with Gasteiger partial charge in [0, 0.05) is 16.3 Å². The van der Waals surface area contributed by atoms with Gasteiger partial charge in [0.05, 0.1) is 16.6 Å². The molecule has 0 saturated heterocycles. The Balaban J connectivity index is 2.11. The van der Waals surface area contributed by atoms with Crippen molar-refractivity contribution in [1.82, 2.24) is 10.3 Å². The zero-order chi connectivity index (χ0) is 14.1. The number of fused-ring (bicyclic) bond motifs is 8. The number of hydrogen-bond donors (Lipinski definition) is 2. The number of carbonyl (C=O) groups excluding carboxylic acids is 2. The van der Waals surface area contributed by atoms with Gasteiger partial charge in [-0.3, -0.25) is 14.9 Å². The molecule has 4 nitrogen and oxygen atoms in total. The van der Waals surface area contributed by atoms with Crippen LogP contribution in [0.25, 0.3) is 21.8 Å². The van der Waals surface area contributed by atoms with Crippen molar-refractivity contribution in [1.29, 1.82) is 0 Å². The van der Waals surface area contributed by atoms with Crippen LogP contribution < -0.4 is 5.32 Å². The highest BCUT2D eigenvalue weighted by Crippen LogP contribution is 2.40. The molecule has 21 heavy (non-hydrogen) atoms. The first-order valence-electron chi connectivity index (χ1n) is 7.19. The zero-order valence-electron chi connectivity index (χ0n) is 11.2. The molecule has 0 saturated carbocycles. The van der Waals surface area contributed by atoms with Crippen molar-refractivity contribution >= 4 is 33.6 Å². The van der Waals surface area contributed by atoms with Gasteiger partial charge in [-0.1, -0.05) is 18.2 Å². The number of nitrogens with one attached hydrogen (secondary N) is 2. The van der Waals surface area contributed by atoms with E-state index in [-0.39, 0.29) is 11.8 Å². The average Bonchev–Trinajstić information content (AvgIpc) is 3.14. The molecular formula is C17H12N2O2. The summed E-state index contributed by atoms with van der Waals surface area (Å²) in [6, 6.07) is 7.96. The van der Waals surface area contributed by atoms with Crippen molar-refractivity contribution in [2.45, 2.75) is 19.3 Å². The molecule has 2 N–H and O–H groups in total. The number of hydrogen-bond acceptors (Lipinski definition) is 2. The van der Waals surface area contributed by atoms with Crippen LogP contribution >= 0.6 is 0 Å². The van der Waals surface area contributed by atoms with Crippen LogP contribution in [0.2, 0.25) is 0 Å². The van der Waals surface area contributed by atoms with E-state index < -0.39 is 0 Å². The molecule has 1 aliphatic heterocycles. The van der Waals surface area contributed by atoms with Crippen LogP contribution in [0.4, 0.5) is 0 Å². The molecule has 1 aromatic heterocycles.